The Bertz CT molecular complexity index is 1070. The predicted molar refractivity (Wildman–Crippen MR) is 109 cm³/mol. The van der Waals surface area contributed by atoms with Gasteiger partial charge in [0.05, 0.1) is 12.4 Å². The molecule has 0 bridgehead atoms. The van der Waals surface area contributed by atoms with Gasteiger partial charge in [-0.25, -0.2) is 28.1 Å². The molecule has 3 N–H and O–H groups in total. The van der Waals surface area contributed by atoms with Crippen molar-refractivity contribution in [3.05, 3.63) is 47.7 Å². The van der Waals surface area contributed by atoms with Gasteiger partial charge in [0.25, 0.3) is 11.9 Å². The number of carbonyl (C=O) groups excluding carboxylic acids is 1. The van der Waals surface area contributed by atoms with Gasteiger partial charge in [-0.1, -0.05) is 0 Å². The molecule has 14 heteroatoms. The van der Waals surface area contributed by atoms with E-state index in [4.69, 9.17) is 10.5 Å². The number of carbonyl (C=O) groups is 1. The second kappa shape index (κ2) is 9.75. The molecule has 0 radical (unpaired) electrons. The zero-order valence-electron chi connectivity index (χ0n) is 17.9. The monoisotopic (exact) mass is 489 g/mol. The second-order valence-electron chi connectivity index (χ2n) is 7.37. The third-order valence-electron chi connectivity index (χ3n) is 4.98. The number of hydrogen-bond donors (Lipinski definition) is 2. The largest absolute Gasteiger partial charge is 0.452 e. The van der Waals surface area contributed by atoms with Crippen LogP contribution in [0.2, 0.25) is 0 Å². The Morgan fingerprint density at radius 2 is 2.06 bits per heavy atom. The zero-order chi connectivity index (χ0) is 25.1. The topological polar surface area (TPSA) is 121 Å². The first-order valence-corrected chi connectivity index (χ1v) is 9.67. The van der Waals surface area contributed by atoms with Crippen LogP contribution in [0.1, 0.15) is 23.0 Å². The molecule has 1 amide bonds. The molecule has 0 spiro atoms. The summed E-state index contributed by atoms with van der Waals surface area (Å²) in [5, 5.41) is 2.40. The van der Waals surface area contributed by atoms with Gasteiger partial charge >= 0.3 is 5.92 Å². The molecule has 1 aromatic carbocycles. The summed E-state index contributed by atoms with van der Waals surface area (Å²) in [5.41, 5.74) is 2.62. The molecule has 0 saturated carbocycles. The molecule has 34 heavy (non-hydrogen) atoms. The number of anilines is 1. The summed E-state index contributed by atoms with van der Waals surface area (Å²) < 4.78 is 84.8. The van der Waals surface area contributed by atoms with Crippen molar-refractivity contribution in [3.8, 4) is 5.88 Å². The van der Waals surface area contributed by atoms with Crippen LogP contribution in [0.3, 0.4) is 0 Å². The number of nitrogens with two attached hydrogens (primary N) is 1. The number of rotatable bonds is 8. The van der Waals surface area contributed by atoms with E-state index in [9.17, 15) is 22.4 Å². The van der Waals surface area contributed by atoms with Crippen molar-refractivity contribution in [2.75, 3.05) is 25.9 Å². The molecule has 184 valence electrons. The van der Waals surface area contributed by atoms with Crippen molar-refractivity contribution in [1.29, 1.82) is 0 Å². The Morgan fingerprint density at radius 3 is 2.68 bits per heavy atom. The molecule has 0 unspecified atom stereocenters. The van der Waals surface area contributed by atoms with Gasteiger partial charge in [-0.3, -0.25) is 4.79 Å². The minimum absolute atomic E-state index is 0.0267. The van der Waals surface area contributed by atoms with Gasteiger partial charge in [-0.05, 0) is 25.1 Å². The molecule has 3 rings (SSSR count). The van der Waals surface area contributed by atoms with Crippen LogP contribution in [-0.2, 0) is 15.0 Å². The van der Waals surface area contributed by atoms with Crippen LogP contribution in [0.5, 0.6) is 5.88 Å². The Kier molecular flexibility index (Phi) is 7.19. The van der Waals surface area contributed by atoms with Gasteiger partial charge in [0.1, 0.15) is 23.7 Å². The van der Waals surface area contributed by atoms with Crippen LogP contribution in [-0.4, -0.2) is 60.7 Å². The maximum Gasteiger partial charge on any atom is 0.309 e. The first-order valence-electron chi connectivity index (χ1n) is 9.67. The summed E-state index contributed by atoms with van der Waals surface area (Å²) in [7, 11) is 0.998. The normalized spacial score (nSPS) is 22.5. The van der Waals surface area contributed by atoms with Crippen LogP contribution in [0, 0.1) is 5.82 Å². The molecule has 0 saturated heterocycles. The highest BCUT2D eigenvalue weighted by atomic mass is 19.3. The van der Waals surface area contributed by atoms with Gasteiger partial charge in [0, 0.05) is 18.4 Å². The Morgan fingerprint density at radius 1 is 1.32 bits per heavy atom. The lowest BCUT2D eigenvalue weighted by Gasteiger charge is -2.41. The third kappa shape index (κ3) is 5.00. The third-order valence-corrected chi connectivity index (χ3v) is 4.98. The number of hydrogen-bond acceptors (Lipinski definition) is 8. The molecule has 3 atom stereocenters. The van der Waals surface area contributed by atoms with E-state index in [2.05, 4.69) is 29.8 Å². The van der Waals surface area contributed by atoms with Crippen LogP contribution >= 0.6 is 0 Å². The smallest absolute Gasteiger partial charge is 0.309 e. The number of benzene rings is 1. The van der Waals surface area contributed by atoms with Crippen molar-refractivity contribution in [3.63, 3.8) is 0 Å². The predicted octanol–water partition coefficient (Wildman–Crippen LogP) is 2.72. The summed E-state index contributed by atoms with van der Waals surface area (Å²) in [6, 6.07) is 2.32. The number of aliphatic imine (C=N–C) groups is 1. The molecule has 0 fully saturated rings. The van der Waals surface area contributed by atoms with E-state index in [0.29, 0.717) is 0 Å². The first-order chi connectivity index (χ1) is 16.0. The highest BCUT2D eigenvalue weighted by Crippen LogP contribution is 2.43. The Balaban J connectivity index is 1.91. The molecule has 1 aliphatic rings. The fourth-order valence-electron chi connectivity index (χ4n) is 3.34. The van der Waals surface area contributed by atoms with Crippen molar-refractivity contribution in [1.82, 2.24) is 9.97 Å². The number of amides is 1. The summed E-state index contributed by atoms with van der Waals surface area (Å²) >= 11 is 0. The number of amidine groups is 1. The zero-order valence-corrected chi connectivity index (χ0v) is 17.9. The first kappa shape index (κ1) is 25.1. The number of nitrogens with zero attached hydrogens (tertiary/aromatic N) is 3. The fourth-order valence-corrected chi connectivity index (χ4v) is 3.34. The van der Waals surface area contributed by atoms with E-state index in [1.165, 1.54) is 0 Å². The van der Waals surface area contributed by atoms with Gasteiger partial charge in [0.2, 0.25) is 18.8 Å². The molecule has 1 aliphatic heterocycles. The number of ether oxygens (including phenoxy) is 3. The van der Waals surface area contributed by atoms with Crippen LogP contribution in [0.15, 0.2) is 35.6 Å². The number of nitrogens with one attached hydrogen (secondary N) is 1. The summed E-state index contributed by atoms with van der Waals surface area (Å²) in [6.45, 7) is -1.23. The van der Waals surface area contributed by atoms with E-state index >= 15 is 4.39 Å². The van der Waals surface area contributed by atoms with Crippen LogP contribution in [0.25, 0.3) is 0 Å². The lowest BCUT2D eigenvalue weighted by atomic mass is 9.82. The van der Waals surface area contributed by atoms with E-state index in [1.807, 2.05) is 0 Å². The fraction of sp³-hybridized carbons (Fsp3) is 0.400. The lowest BCUT2D eigenvalue weighted by Crippen LogP contribution is -2.57. The van der Waals surface area contributed by atoms with Crippen molar-refractivity contribution in [2.45, 2.75) is 30.7 Å². The second-order valence-corrected chi connectivity index (χ2v) is 7.37. The summed E-state index contributed by atoms with van der Waals surface area (Å²) in [4.78, 5) is 23.6. The molecule has 9 nitrogen and oxygen atoms in total. The molecule has 2 heterocycles. The standard InChI is InChI=1S/C20H20F5N5O4/c1-19(15(23)16(34-18(26)30-19)20(24,25)8-32-2)11-5-10(3-4-12(11)22)29-17(31)13-6-28-14(7-27-13)33-9-21/h3-7,15-16H,8-9H2,1-2H3,(H2,26,30)(H,29,31)/t15-,16-,19+/m0/s1. The molecule has 1 aromatic heterocycles. The minimum Gasteiger partial charge on any atom is -0.452 e. The van der Waals surface area contributed by atoms with Crippen molar-refractivity contribution in [2.24, 2.45) is 10.7 Å². The lowest BCUT2D eigenvalue weighted by molar-refractivity contribution is -0.174. The Hall–Kier alpha value is -3.55. The summed E-state index contributed by atoms with van der Waals surface area (Å²) in [5.74, 6) is -5.74. The number of aromatic nitrogens is 2. The van der Waals surface area contributed by atoms with Gasteiger partial charge in [-0.2, -0.15) is 8.78 Å². The van der Waals surface area contributed by atoms with E-state index < -0.39 is 60.5 Å². The van der Waals surface area contributed by atoms with Crippen molar-refractivity contribution < 1.29 is 41.0 Å². The van der Waals surface area contributed by atoms with Crippen LogP contribution in [0.4, 0.5) is 27.6 Å². The van der Waals surface area contributed by atoms with Gasteiger partial charge < -0.3 is 25.3 Å². The SMILES string of the molecule is COCC(F)(F)[C@H]1OC(N)=N[C@](C)(c2cc(NC(=O)c3cnc(OCF)cn3)ccc2F)[C@H]1F. The maximum atomic E-state index is 15.4. The Labute approximate surface area is 190 Å². The number of halogens is 5. The number of methoxy groups -OCH3 is 1. The minimum atomic E-state index is -3.81. The maximum absolute atomic E-state index is 15.4. The molecular weight excluding hydrogens is 469 g/mol. The van der Waals surface area contributed by atoms with Gasteiger partial charge in [-0.15, -0.1) is 0 Å². The van der Waals surface area contributed by atoms with E-state index in [1.54, 1.807) is 0 Å². The highest BCUT2D eigenvalue weighted by molar-refractivity contribution is 6.02. The number of alkyl halides is 4. The van der Waals surface area contributed by atoms with E-state index in [0.717, 1.165) is 44.6 Å². The molecule has 0 aliphatic carbocycles. The van der Waals surface area contributed by atoms with Crippen molar-refractivity contribution >= 4 is 17.6 Å². The highest BCUT2D eigenvalue weighted by Gasteiger charge is 2.57. The average Bonchev–Trinajstić information content (AvgIpc) is 2.78. The summed E-state index contributed by atoms with van der Waals surface area (Å²) in [6.07, 6.45) is -2.93. The van der Waals surface area contributed by atoms with Crippen LogP contribution < -0.4 is 15.8 Å². The molecule has 2 aromatic rings. The molecular formula is C20H20F5N5O4. The average molecular weight is 489 g/mol. The quantitative estimate of drug-likeness (QED) is 0.547. The van der Waals surface area contributed by atoms with Gasteiger partial charge in [0.15, 0.2) is 6.17 Å². The van der Waals surface area contributed by atoms with E-state index in [-0.39, 0.29) is 17.3 Å².